The molecular weight excluding hydrogens is 536 g/mol. The molecule has 2 heterocycles. The number of aromatic nitrogens is 3. The third kappa shape index (κ3) is 4.92. The largest absolute Gasteiger partial charge is 0.481 e. The molecule has 5 aromatic rings. The molecule has 0 spiro atoms. The Bertz CT molecular complexity index is 1810. The summed E-state index contributed by atoms with van der Waals surface area (Å²) in [4.78, 5) is 28.5. The van der Waals surface area contributed by atoms with Gasteiger partial charge in [-0.05, 0) is 72.0 Å². The average Bonchev–Trinajstić information content (AvgIpc) is 3.61. The molecule has 0 unspecified atom stereocenters. The molecular formula is C33H25ClN4O3. The van der Waals surface area contributed by atoms with Crippen molar-refractivity contribution in [1.29, 1.82) is 0 Å². The quantitative estimate of drug-likeness (QED) is 0.216. The van der Waals surface area contributed by atoms with Crippen LogP contribution < -0.4 is 5.32 Å². The van der Waals surface area contributed by atoms with Crippen molar-refractivity contribution in [3.05, 3.63) is 119 Å². The number of nitrogens with one attached hydrogen (secondary N) is 1. The average molecular weight is 561 g/mol. The number of rotatable bonds is 6. The van der Waals surface area contributed by atoms with E-state index in [9.17, 15) is 14.7 Å². The normalized spacial score (nSPS) is 13.7. The first kappa shape index (κ1) is 26.2. The summed E-state index contributed by atoms with van der Waals surface area (Å²) in [5.41, 5.74) is 7.22. The number of halogens is 1. The highest BCUT2D eigenvalue weighted by Crippen LogP contribution is 2.41. The third-order valence-corrected chi connectivity index (χ3v) is 7.76. The number of fused-ring (bicyclic) bond motifs is 1. The van der Waals surface area contributed by atoms with Crippen molar-refractivity contribution in [2.45, 2.75) is 19.3 Å². The van der Waals surface area contributed by atoms with Crippen molar-refractivity contribution in [1.82, 2.24) is 14.8 Å². The maximum Gasteiger partial charge on any atom is 0.313 e. The molecule has 4 aromatic carbocycles. The second-order valence-corrected chi connectivity index (χ2v) is 10.8. The zero-order valence-corrected chi connectivity index (χ0v) is 23.1. The van der Waals surface area contributed by atoms with Crippen LogP contribution in [-0.2, 0) is 15.0 Å². The summed E-state index contributed by atoms with van der Waals surface area (Å²) in [6, 6.07) is 27.1. The summed E-state index contributed by atoms with van der Waals surface area (Å²) >= 11 is 6.67. The maximum absolute atomic E-state index is 12.9. The molecule has 1 aliphatic heterocycles. The number of benzene rings is 4. The van der Waals surface area contributed by atoms with Gasteiger partial charge in [-0.25, -0.2) is 9.67 Å². The van der Waals surface area contributed by atoms with Crippen LogP contribution in [0.3, 0.4) is 0 Å². The van der Waals surface area contributed by atoms with Crippen molar-refractivity contribution in [2.24, 2.45) is 0 Å². The maximum atomic E-state index is 12.9. The van der Waals surface area contributed by atoms with Crippen molar-refractivity contribution in [3.8, 4) is 27.9 Å². The van der Waals surface area contributed by atoms with Gasteiger partial charge in [0, 0.05) is 16.7 Å². The summed E-state index contributed by atoms with van der Waals surface area (Å²) in [6.45, 7) is 3.33. The first-order valence-electron chi connectivity index (χ1n) is 13.0. The Morgan fingerprint density at radius 2 is 1.54 bits per heavy atom. The van der Waals surface area contributed by atoms with Gasteiger partial charge in [0.2, 0.25) is 0 Å². The lowest BCUT2D eigenvalue weighted by molar-refractivity contribution is -0.142. The fourth-order valence-electron chi connectivity index (χ4n) is 4.85. The molecule has 202 valence electrons. The minimum atomic E-state index is -1.01. The number of carboxylic acid groups (broad SMARTS) is 1. The van der Waals surface area contributed by atoms with Crippen LogP contribution in [0, 0.1) is 0 Å². The number of carboxylic acids is 1. The van der Waals surface area contributed by atoms with E-state index in [4.69, 9.17) is 11.6 Å². The standard InChI is InChI=1S/C33H25ClN4O3/c1-33(2,32(40)41)24-11-3-20(4-12-24)15-28-27-16-26(29(34)17-30(27)37-31(28)39)23-7-5-21(6-8-23)22-9-13-25(14-10-22)38-19-35-18-36-38/h3-19H,1-2H3,(H,37,39)(H,40,41)/b28-15-. The van der Waals surface area contributed by atoms with Crippen LogP contribution in [0.15, 0.2) is 97.6 Å². The van der Waals surface area contributed by atoms with Gasteiger partial charge >= 0.3 is 5.97 Å². The van der Waals surface area contributed by atoms with Crippen molar-refractivity contribution in [2.75, 3.05) is 5.32 Å². The van der Waals surface area contributed by atoms with Crippen LogP contribution in [0.1, 0.15) is 30.5 Å². The second-order valence-electron chi connectivity index (χ2n) is 10.4. The van der Waals surface area contributed by atoms with Crippen molar-refractivity contribution < 1.29 is 14.7 Å². The molecule has 41 heavy (non-hydrogen) atoms. The summed E-state index contributed by atoms with van der Waals surface area (Å²) in [5.74, 6) is -1.11. The topological polar surface area (TPSA) is 97.1 Å². The lowest BCUT2D eigenvalue weighted by atomic mass is 9.84. The number of aliphatic carboxylic acids is 1. The van der Waals surface area contributed by atoms with Crippen LogP contribution in [0.25, 0.3) is 39.6 Å². The second kappa shape index (κ2) is 10.2. The van der Waals surface area contributed by atoms with E-state index < -0.39 is 11.4 Å². The SMILES string of the molecule is CC(C)(C(=O)O)c1ccc(/C=C2\C(=O)Nc3cc(Cl)c(-c4ccc(-c5ccc(-n6cncn6)cc5)cc4)cc32)cc1. The first-order chi connectivity index (χ1) is 19.7. The van der Waals surface area contributed by atoms with E-state index in [2.05, 4.69) is 15.4 Å². The smallest absolute Gasteiger partial charge is 0.313 e. The van der Waals surface area contributed by atoms with Crippen molar-refractivity contribution in [3.63, 3.8) is 0 Å². The molecule has 2 N–H and O–H groups in total. The molecule has 0 radical (unpaired) electrons. The van der Waals surface area contributed by atoms with E-state index in [0.717, 1.165) is 39.1 Å². The van der Waals surface area contributed by atoms with E-state index >= 15 is 0 Å². The van der Waals surface area contributed by atoms with Gasteiger partial charge in [0.25, 0.3) is 5.91 Å². The third-order valence-electron chi connectivity index (χ3n) is 7.45. The first-order valence-corrected chi connectivity index (χ1v) is 13.4. The van der Waals surface area contributed by atoms with Gasteiger partial charge < -0.3 is 10.4 Å². The highest BCUT2D eigenvalue weighted by molar-refractivity contribution is 6.38. The van der Waals surface area contributed by atoms with Gasteiger partial charge in [-0.3, -0.25) is 9.59 Å². The number of hydrogen-bond acceptors (Lipinski definition) is 4. The van der Waals surface area contributed by atoms with Crippen molar-refractivity contribution >= 4 is 40.8 Å². The minimum Gasteiger partial charge on any atom is -0.481 e. The summed E-state index contributed by atoms with van der Waals surface area (Å²) < 4.78 is 1.71. The Balaban J connectivity index is 1.29. The Hall–Kier alpha value is -5.01. The molecule has 1 aromatic heterocycles. The zero-order chi connectivity index (χ0) is 28.7. The number of carbonyl (C=O) groups excluding carboxylic acids is 1. The summed E-state index contributed by atoms with van der Waals surface area (Å²) in [6.07, 6.45) is 4.97. The number of amides is 1. The highest BCUT2D eigenvalue weighted by Gasteiger charge is 2.29. The van der Waals surface area contributed by atoms with Crippen LogP contribution in [0.4, 0.5) is 5.69 Å². The van der Waals surface area contributed by atoms with Crippen LogP contribution in [-0.4, -0.2) is 31.7 Å². The molecule has 0 aliphatic carbocycles. The fraction of sp³-hybridized carbons (Fsp3) is 0.0909. The molecule has 0 atom stereocenters. The van der Waals surface area contributed by atoms with E-state index in [-0.39, 0.29) is 5.91 Å². The molecule has 6 rings (SSSR count). The lowest BCUT2D eigenvalue weighted by Gasteiger charge is -2.19. The fourth-order valence-corrected chi connectivity index (χ4v) is 5.13. The highest BCUT2D eigenvalue weighted by atomic mass is 35.5. The van der Waals surface area contributed by atoms with E-state index in [1.54, 1.807) is 43.1 Å². The summed E-state index contributed by atoms with van der Waals surface area (Å²) in [7, 11) is 0. The molecule has 1 amide bonds. The molecule has 0 saturated carbocycles. The number of anilines is 1. The minimum absolute atomic E-state index is 0.215. The van der Waals surface area contributed by atoms with Crippen LogP contribution >= 0.6 is 11.6 Å². The predicted molar refractivity (Wildman–Crippen MR) is 161 cm³/mol. The molecule has 0 fully saturated rings. The number of carbonyl (C=O) groups is 2. The Kier molecular flexibility index (Phi) is 6.52. The van der Waals surface area contributed by atoms with Gasteiger partial charge in [0.1, 0.15) is 12.7 Å². The molecule has 7 nitrogen and oxygen atoms in total. The van der Waals surface area contributed by atoms with E-state index in [1.165, 1.54) is 6.33 Å². The van der Waals surface area contributed by atoms with Gasteiger partial charge in [-0.1, -0.05) is 72.3 Å². The van der Waals surface area contributed by atoms with E-state index in [0.29, 0.717) is 21.8 Å². The number of hydrogen-bond donors (Lipinski definition) is 2. The molecule has 0 saturated heterocycles. The molecule has 1 aliphatic rings. The summed E-state index contributed by atoms with van der Waals surface area (Å²) in [5, 5.41) is 17.1. The monoisotopic (exact) mass is 560 g/mol. The van der Waals surface area contributed by atoms with Gasteiger partial charge in [0.15, 0.2) is 0 Å². The van der Waals surface area contributed by atoms with E-state index in [1.807, 2.05) is 72.8 Å². The zero-order valence-electron chi connectivity index (χ0n) is 22.3. The van der Waals surface area contributed by atoms with Gasteiger partial charge in [-0.2, -0.15) is 5.10 Å². The Morgan fingerprint density at radius 1 is 0.902 bits per heavy atom. The lowest BCUT2D eigenvalue weighted by Crippen LogP contribution is -2.28. The molecule has 0 bridgehead atoms. The van der Waals surface area contributed by atoms with Gasteiger partial charge in [-0.15, -0.1) is 0 Å². The Labute approximate surface area is 241 Å². The van der Waals surface area contributed by atoms with Gasteiger partial charge in [0.05, 0.1) is 21.8 Å². The predicted octanol–water partition coefficient (Wildman–Crippen LogP) is 7.11. The van der Waals surface area contributed by atoms with Crippen LogP contribution in [0.5, 0.6) is 0 Å². The number of nitrogens with zero attached hydrogens (tertiary/aromatic N) is 3. The Morgan fingerprint density at radius 3 is 2.15 bits per heavy atom. The van der Waals surface area contributed by atoms with Crippen LogP contribution in [0.2, 0.25) is 5.02 Å². The molecule has 8 heteroatoms.